The molecule has 1 amide bonds. The van der Waals surface area contributed by atoms with Gasteiger partial charge in [-0.25, -0.2) is 0 Å². The standard InChI is InChI=1S/C13H20F3NO3/c14-13(15,16)12(20)5-7-17(8-6-12)10(18)9-11(19)3-1-2-4-11/h19-20H,1-9H2. The number of carbonyl (C=O) groups is 1. The van der Waals surface area contributed by atoms with E-state index in [1.54, 1.807) is 0 Å². The van der Waals surface area contributed by atoms with Crippen molar-refractivity contribution in [2.75, 3.05) is 13.1 Å². The molecule has 1 heterocycles. The van der Waals surface area contributed by atoms with Gasteiger partial charge in [-0.2, -0.15) is 13.2 Å². The molecule has 7 heteroatoms. The average Bonchev–Trinajstić information content (AvgIpc) is 2.75. The first-order valence-corrected chi connectivity index (χ1v) is 6.95. The second kappa shape index (κ2) is 5.18. The van der Waals surface area contributed by atoms with Gasteiger partial charge in [-0.05, 0) is 12.8 Å². The lowest BCUT2D eigenvalue weighted by Crippen LogP contribution is -2.54. The molecular formula is C13H20F3NO3. The highest BCUT2D eigenvalue weighted by Crippen LogP contribution is 2.39. The normalized spacial score (nSPS) is 25.8. The van der Waals surface area contributed by atoms with Crippen LogP contribution in [0.5, 0.6) is 0 Å². The van der Waals surface area contributed by atoms with E-state index in [1.807, 2.05) is 0 Å². The van der Waals surface area contributed by atoms with Crippen molar-refractivity contribution in [3.8, 4) is 0 Å². The van der Waals surface area contributed by atoms with Crippen LogP contribution in [-0.4, -0.2) is 51.5 Å². The van der Waals surface area contributed by atoms with E-state index in [2.05, 4.69) is 0 Å². The highest BCUT2D eigenvalue weighted by molar-refractivity contribution is 5.77. The number of halogens is 3. The van der Waals surface area contributed by atoms with Gasteiger partial charge in [0.1, 0.15) is 0 Å². The van der Waals surface area contributed by atoms with Crippen molar-refractivity contribution in [1.29, 1.82) is 0 Å². The van der Waals surface area contributed by atoms with Gasteiger partial charge in [0.05, 0.1) is 12.0 Å². The van der Waals surface area contributed by atoms with Crippen LogP contribution in [0, 0.1) is 0 Å². The summed E-state index contributed by atoms with van der Waals surface area (Å²) in [7, 11) is 0. The van der Waals surface area contributed by atoms with Gasteiger partial charge in [-0.15, -0.1) is 0 Å². The summed E-state index contributed by atoms with van der Waals surface area (Å²) in [5.41, 5.74) is -3.68. The van der Waals surface area contributed by atoms with Crippen molar-refractivity contribution in [3.05, 3.63) is 0 Å². The van der Waals surface area contributed by atoms with Crippen molar-refractivity contribution in [3.63, 3.8) is 0 Å². The van der Waals surface area contributed by atoms with Gasteiger partial charge in [0.2, 0.25) is 5.91 Å². The molecule has 20 heavy (non-hydrogen) atoms. The Hall–Kier alpha value is -0.820. The van der Waals surface area contributed by atoms with Gasteiger partial charge in [-0.1, -0.05) is 12.8 Å². The Bertz CT molecular complexity index is 370. The number of carbonyl (C=O) groups excluding carboxylic acids is 1. The van der Waals surface area contributed by atoms with Crippen LogP contribution in [0.3, 0.4) is 0 Å². The number of hydrogen-bond donors (Lipinski definition) is 2. The monoisotopic (exact) mass is 295 g/mol. The Morgan fingerprint density at radius 3 is 2.00 bits per heavy atom. The molecule has 2 N–H and O–H groups in total. The molecule has 1 aliphatic carbocycles. The number of amides is 1. The van der Waals surface area contributed by atoms with Gasteiger partial charge in [0, 0.05) is 25.9 Å². The molecule has 1 saturated carbocycles. The summed E-state index contributed by atoms with van der Waals surface area (Å²) < 4.78 is 37.9. The Morgan fingerprint density at radius 1 is 1.05 bits per heavy atom. The van der Waals surface area contributed by atoms with Gasteiger partial charge >= 0.3 is 6.18 Å². The maximum atomic E-state index is 12.6. The van der Waals surface area contributed by atoms with Crippen molar-refractivity contribution in [1.82, 2.24) is 4.90 Å². The maximum absolute atomic E-state index is 12.6. The summed E-state index contributed by atoms with van der Waals surface area (Å²) in [5.74, 6) is -0.321. The average molecular weight is 295 g/mol. The third-order valence-corrected chi connectivity index (χ3v) is 4.49. The summed E-state index contributed by atoms with van der Waals surface area (Å²) in [6.45, 7) is -0.240. The van der Waals surface area contributed by atoms with E-state index in [-0.39, 0.29) is 25.4 Å². The van der Waals surface area contributed by atoms with Crippen LogP contribution in [0.4, 0.5) is 13.2 Å². The Morgan fingerprint density at radius 2 is 1.55 bits per heavy atom. The smallest absolute Gasteiger partial charge is 0.389 e. The van der Waals surface area contributed by atoms with Crippen LogP contribution in [0.1, 0.15) is 44.9 Å². The minimum absolute atomic E-state index is 0.0303. The van der Waals surface area contributed by atoms with Crippen LogP contribution in [0.25, 0.3) is 0 Å². The molecule has 0 aromatic rings. The quantitative estimate of drug-likeness (QED) is 0.813. The fourth-order valence-electron chi connectivity index (χ4n) is 3.01. The van der Waals surface area contributed by atoms with Crippen LogP contribution < -0.4 is 0 Å². The van der Waals surface area contributed by atoms with Crippen molar-refractivity contribution >= 4 is 5.91 Å². The summed E-state index contributed by atoms with van der Waals surface area (Å²) in [5, 5.41) is 19.7. The Labute approximate surface area is 115 Å². The zero-order chi connectivity index (χ0) is 15.0. The molecule has 0 radical (unpaired) electrons. The van der Waals surface area contributed by atoms with Crippen LogP contribution in [0.15, 0.2) is 0 Å². The second-order valence-corrected chi connectivity index (χ2v) is 6.02. The second-order valence-electron chi connectivity index (χ2n) is 6.02. The summed E-state index contributed by atoms with van der Waals surface area (Å²) >= 11 is 0. The minimum Gasteiger partial charge on any atom is -0.389 e. The molecule has 2 fully saturated rings. The van der Waals surface area contributed by atoms with E-state index in [0.29, 0.717) is 12.8 Å². The molecule has 1 aliphatic heterocycles. The minimum atomic E-state index is -4.66. The van der Waals surface area contributed by atoms with E-state index < -0.39 is 30.2 Å². The zero-order valence-electron chi connectivity index (χ0n) is 11.2. The van der Waals surface area contributed by atoms with E-state index in [1.165, 1.54) is 4.90 Å². The molecule has 116 valence electrons. The zero-order valence-corrected chi connectivity index (χ0v) is 11.2. The molecule has 0 atom stereocenters. The van der Waals surface area contributed by atoms with Gasteiger partial charge in [-0.3, -0.25) is 4.79 Å². The first kappa shape index (κ1) is 15.6. The number of likely N-dealkylation sites (tertiary alicyclic amines) is 1. The summed E-state index contributed by atoms with van der Waals surface area (Å²) in [6.07, 6.45) is -2.81. The van der Waals surface area contributed by atoms with E-state index in [9.17, 15) is 28.2 Å². The maximum Gasteiger partial charge on any atom is 0.417 e. The number of piperidine rings is 1. The van der Waals surface area contributed by atoms with Crippen LogP contribution >= 0.6 is 0 Å². The lowest BCUT2D eigenvalue weighted by Gasteiger charge is -2.39. The molecule has 1 saturated heterocycles. The summed E-state index contributed by atoms with van der Waals surface area (Å²) in [6, 6.07) is 0. The van der Waals surface area contributed by atoms with Crippen LogP contribution in [0.2, 0.25) is 0 Å². The molecule has 2 rings (SSSR count). The highest BCUT2D eigenvalue weighted by Gasteiger charge is 2.55. The molecule has 0 unspecified atom stereocenters. The first-order valence-electron chi connectivity index (χ1n) is 6.95. The fourth-order valence-corrected chi connectivity index (χ4v) is 3.01. The van der Waals surface area contributed by atoms with E-state index in [0.717, 1.165) is 12.8 Å². The van der Waals surface area contributed by atoms with Crippen molar-refractivity contribution < 1.29 is 28.2 Å². The molecule has 0 spiro atoms. The predicted octanol–water partition coefficient (Wildman–Crippen LogP) is 1.60. The van der Waals surface area contributed by atoms with E-state index in [4.69, 9.17) is 0 Å². The van der Waals surface area contributed by atoms with Crippen molar-refractivity contribution in [2.24, 2.45) is 0 Å². The SMILES string of the molecule is O=C(CC1(O)CCCC1)N1CCC(O)(C(F)(F)F)CC1. The number of aliphatic hydroxyl groups is 2. The first-order chi connectivity index (χ1) is 9.15. The number of alkyl halides is 3. The van der Waals surface area contributed by atoms with Crippen LogP contribution in [-0.2, 0) is 4.79 Å². The van der Waals surface area contributed by atoms with Gasteiger partial charge < -0.3 is 15.1 Å². The summed E-state index contributed by atoms with van der Waals surface area (Å²) in [4.78, 5) is 13.3. The number of rotatable bonds is 2. The Kier molecular flexibility index (Phi) is 4.03. The third-order valence-electron chi connectivity index (χ3n) is 4.49. The largest absolute Gasteiger partial charge is 0.417 e. The lowest BCUT2D eigenvalue weighted by molar-refractivity contribution is -0.272. The molecule has 0 bridgehead atoms. The fraction of sp³-hybridized carbons (Fsp3) is 0.923. The number of nitrogens with zero attached hydrogens (tertiary/aromatic N) is 1. The van der Waals surface area contributed by atoms with E-state index >= 15 is 0 Å². The molecule has 2 aliphatic rings. The molecular weight excluding hydrogens is 275 g/mol. The lowest BCUT2D eigenvalue weighted by atomic mass is 9.90. The third kappa shape index (κ3) is 3.09. The van der Waals surface area contributed by atoms with Gasteiger partial charge in [0.15, 0.2) is 5.60 Å². The van der Waals surface area contributed by atoms with Crippen molar-refractivity contribution in [2.45, 2.75) is 62.3 Å². The molecule has 0 aromatic heterocycles. The van der Waals surface area contributed by atoms with Gasteiger partial charge in [0.25, 0.3) is 0 Å². The highest BCUT2D eigenvalue weighted by atomic mass is 19.4. The molecule has 4 nitrogen and oxygen atoms in total. The topological polar surface area (TPSA) is 60.8 Å². The predicted molar refractivity (Wildman–Crippen MR) is 64.9 cm³/mol. The Balaban J connectivity index is 1.89. The number of hydrogen-bond acceptors (Lipinski definition) is 3. The molecule has 0 aromatic carbocycles.